The lowest BCUT2D eigenvalue weighted by Gasteiger charge is -2.32. The lowest BCUT2D eigenvalue weighted by atomic mass is 10.0. The molecular formula is C21H36N8O7. The number of urea groups is 1. The van der Waals surface area contributed by atoms with Crippen molar-refractivity contribution >= 4 is 42.0 Å². The summed E-state index contributed by atoms with van der Waals surface area (Å²) in [6.45, 7) is 5.27. The van der Waals surface area contributed by atoms with E-state index in [9.17, 15) is 33.9 Å². The molecule has 5 amide bonds. The highest BCUT2D eigenvalue weighted by Crippen LogP contribution is 2.08. The first-order valence-electron chi connectivity index (χ1n) is 11.5. The Hall–Kier alpha value is -3.91. The molecule has 202 valence electrons. The number of nitrogens with one attached hydrogen (secondary N) is 5. The number of aldehydes is 1. The summed E-state index contributed by atoms with van der Waals surface area (Å²) < 4.78 is 0. The van der Waals surface area contributed by atoms with Crippen LogP contribution < -0.4 is 38.1 Å². The van der Waals surface area contributed by atoms with Gasteiger partial charge in [0.2, 0.25) is 17.7 Å². The van der Waals surface area contributed by atoms with Crippen LogP contribution in [0.2, 0.25) is 0 Å². The molecule has 0 aromatic heterocycles. The van der Waals surface area contributed by atoms with Crippen molar-refractivity contribution in [3.05, 3.63) is 0 Å². The number of primary amides is 1. The predicted molar refractivity (Wildman–Crippen MR) is 128 cm³/mol. The van der Waals surface area contributed by atoms with Gasteiger partial charge in [0.05, 0.1) is 12.1 Å². The van der Waals surface area contributed by atoms with Crippen molar-refractivity contribution in [1.29, 1.82) is 0 Å². The fourth-order valence-electron chi connectivity index (χ4n) is 3.44. The Balaban J connectivity index is 3.10. The highest BCUT2D eigenvalue weighted by molar-refractivity contribution is 5.94. The molecule has 10 N–H and O–H groups in total. The first-order chi connectivity index (χ1) is 16.8. The zero-order chi connectivity index (χ0) is 27.4. The number of carbonyl (C=O) groups excluding carboxylic acids is 5. The van der Waals surface area contributed by atoms with Gasteiger partial charge in [-0.3, -0.25) is 19.4 Å². The third kappa shape index (κ3) is 10.6. The number of aliphatic imine (C=N–C) groups is 1. The van der Waals surface area contributed by atoms with E-state index >= 15 is 0 Å². The van der Waals surface area contributed by atoms with Crippen LogP contribution in [-0.4, -0.2) is 83.8 Å². The Morgan fingerprint density at radius 1 is 1.08 bits per heavy atom. The van der Waals surface area contributed by atoms with E-state index in [2.05, 4.69) is 31.6 Å². The maximum atomic E-state index is 13.2. The zero-order valence-corrected chi connectivity index (χ0v) is 20.6. The molecule has 0 bridgehead atoms. The van der Waals surface area contributed by atoms with Crippen LogP contribution in [0.15, 0.2) is 4.99 Å². The van der Waals surface area contributed by atoms with Crippen LogP contribution in [0.1, 0.15) is 46.5 Å². The number of hydrogen-bond acceptors (Lipinski definition) is 9. The van der Waals surface area contributed by atoms with Gasteiger partial charge in [0, 0.05) is 13.0 Å². The van der Waals surface area contributed by atoms with Crippen molar-refractivity contribution in [3.8, 4) is 0 Å². The van der Waals surface area contributed by atoms with Crippen molar-refractivity contribution in [2.24, 2.45) is 22.4 Å². The largest absolute Gasteiger partial charge is 0.480 e. The first-order valence-corrected chi connectivity index (χ1v) is 11.5. The first kappa shape index (κ1) is 30.1. The van der Waals surface area contributed by atoms with Crippen LogP contribution in [0.3, 0.4) is 0 Å². The molecule has 0 saturated heterocycles. The number of carbonyl (C=O) groups is 6. The molecule has 0 saturated carbocycles. The van der Waals surface area contributed by atoms with E-state index in [0.29, 0.717) is 6.29 Å². The second kappa shape index (κ2) is 14.5. The lowest BCUT2D eigenvalue weighted by Crippen LogP contribution is -2.64. The Morgan fingerprint density at radius 2 is 1.75 bits per heavy atom. The van der Waals surface area contributed by atoms with Gasteiger partial charge in [0.25, 0.3) is 0 Å². The van der Waals surface area contributed by atoms with Crippen molar-refractivity contribution in [3.63, 3.8) is 0 Å². The summed E-state index contributed by atoms with van der Waals surface area (Å²) in [5, 5.41) is 21.8. The molecule has 1 aliphatic heterocycles. The third-order valence-corrected chi connectivity index (χ3v) is 5.22. The van der Waals surface area contributed by atoms with E-state index < -0.39 is 59.9 Å². The smallest absolute Gasteiger partial charge is 0.326 e. The Morgan fingerprint density at radius 3 is 2.28 bits per heavy atom. The van der Waals surface area contributed by atoms with Gasteiger partial charge in [-0.05, 0) is 32.1 Å². The number of rotatable bonds is 14. The Labute approximate surface area is 208 Å². The minimum absolute atomic E-state index is 0.0280. The van der Waals surface area contributed by atoms with Gasteiger partial charge < -0.3 is 48.0 Å². The SMILES string of the molecule is CC(C)CC(NC(=O)NC(C(=O)NC(CCC(N)=O)C(=O)NC(C)C=O)C1CCN=C(N)N1)C(=O)O. The fourth-order valence-corrected chi connectivity index (χ4v) is 3.44. The van der Waals surface area contributed by atoms with E-state index in [-0.39, 0.29) is 44.1 Å². The lowest BCUT2D eigenvalue weighted by molar-refractivity contribution is -0.139. The molecule has 1 heterocycles. The van der Waals surface area contributed by atoms with Gasteiger partial charge in [-0.15, -0.1) is 0 Å². The molecule has 0 radical (unpaired) electrons. The second-order valence-corrected chi connectivity index (χ2v) is 8.92. The summed E-state index contributed by atoms with van der Waals surface area (Å²) in [7, 11) is 0. The van der Waals surface area contributed by atoms with Crippen molar-refractivity contribution in [2.75, 3.05) is 6.54 Å². The molecular weight excluding hydrogens is 476 g/mol. The normalized spacial score (nSPS) is 18.3. The third-order valence-electron chi connectivity index (χ3n) is 5.22. The molecule has 5 unspecified atom stereocenters. The van der Waals surface area contributed by atoms with E-state index in [0.717, 1.165) is 0 Å². The average molecular weight is 513 g/mol. The maximum Gasteiger partial charge on any atom is 0.326 e. The predicted octanol–water partition coefficient (Wildman–Crippen LogP) is -2.72. The molecule has 5 atom stereocenters. The number of guanidine groups is 1. The number of nitrogens with two attached hydrogens (primary N) is 2. The molecule has 0 spiro atoms. The molecule has 36 heavy (non-hydrogen) atoms. The van der Waals surface area contributed by atoms with Gasteiger partial charge in [0.1, 0.15) is 24.4 Å². The van der Waals surface area contributed by atoms with Crippen molar-refractivity contribution in [2.45, 2.75) is 76.7 Å². The van der Waals surface area contributed by atoms with E-state index in [4.69, 9.17) is 11.5 Å². The molecule has 0 aromatic carbocycles. The molecule has 15 nitrogen and oxygen atoms in total. The Kier molecular flexibility index (Phi) is 12.1. The van der Waals surface area contributed by atoms with Gasteiger partial charge in [-0.1, -0.05) is 13.8 Å². The summed E-state index contributed by atoms with van der Waals surface area (Å²) in [5.41, 5.74) is 10.9. The monoisotopic (exact) mass is 512 g/mol. The highest BCUT2D eigenvalue weighted by atomic mass is 16.4. The summed E-state index contributed by atoms with van der Waals surface area (Å²) >= 11 is 0. The average Bonchev–Trinajstić information content (AvgIpc) is 2.78. The quantitative estimate of drug-likeness (QED) is 0.112. The van der Waals surface area contributed by atoms with Gasteiger partial charge in [-0.25, -0.2) is 9.59 Å². The maximum absolute atomic E-state index is 13.2. The minimum Gasteiger partial charge on any atom is -0.480 e. The van der Waals surface area contributed by atoms with Crippen LogP contribution >= 0.6 is 0 Å². The number of carboxylic acid groups (broad SMARTS) is 1. The molecule has 15 heteroatoms. The molecule has 1 rings (SSSR count). The fraction of sp³-hybridized carbons (Fsp3) is 0.667. The summed E-state index contributed by atoms with van der Waals surface area (Å²) in [5.74, 6) is -3.47. The van der Waals surface area contributed by atoms with Gasteiger partial charge in [-0.2, -0.15) is 0 Å². The summed E-state index contributed by atoms with van der Waals surface area (Å²) in [6.07, 6.45) is 0.542. The van der Waals surface area contributed by atoms with Crippen molar-refractivity contribution in [1.82, 2.24) is 26.6 Å². The number of aliphatic carboxylic acids is 1. The zero-order valence-electron chi connectivity index (χ0n) is 20.6. The number of carboxylic acids is 1. The topological polar surface area (TPSA) is 247 Å². The standard InChI is InChI=1S/C21H36N8O7/c1-10(2)8-14(19(34)35)28-21(36)29-16(12-6-7-24-20(23)27-12)18(33)26-13(4-5-15(22)31)17(32)25-11(3)9-30/h9-14,16H,4-8H2,1-3H3,(H2,22,31)(H,25,32)(H,26,33)(H,34,35)(H3,23,24,27)(H2,28,29,36). The van der Waals surface area contributed by atoms with Crippen LogP contribution in [-0.2, 0) is 24.0 Å². The van der Waals surface area contributed by atoms with Crippen LogP contribution in [0, 0.1) is 5.92 Å². The van der Waals surface area contributed by atoms with E-state index in [1.165, 1.54) is 6.92 Å². The molecule has 1 aliphatic rings. The summed E-state index contributed by atoms with van der Waals surface area (Å²) in [6, 6.07) is -6.26. The Bertz CT molecular complexity index is 863. The number of hydrogen-bond donors (Lipinski definition) is 8. The van der Waals surface area contributed by atoms with E-state index in [1.807, 2.05) is 0 Å². The minimum atomic E-state index is -1.31. The number of amides is 5. The van der Waals surface area contributed by atoms with Crippen molar-refractivity contribution < 1.29 is 33.9 Å². The van der Waals surface area contributed by atoms with Gasteiger partial charge >= 0.3 is 12.0 Å². The molecule has 0 fully saturated rings. The van der Waals surface area contributed by atoms with Gasteiger partial charge in [0.15, 0.2) is 5.96 Å². The van der Waals surface area contributed by atoms with Crippen LogP contribution in [0.4, 0.5) is 4.79 Å². The van der Waals surface area contributed by atoms with Crippen LogP contribution in [0.25, 0.3) is 0 Å². The summed E-state index contributed by atoms with van der Waals surface area (Å²) in [4.78, 5) is 76.2. The molecule has 0 aromatic rings. The highest BCUT2D eigenvalue weighted by Gasteiger charge is 2.35. The second-order valence-electron chi connectivity index (χ2n) is 8.92. The van der Waals surface area contributed by atoms with E-state index in [1.54, 1.807) is 13.8 Å². The van der Waals surface area contributed by atoms with Crippen LogP contribution in [0.5, 0.6) is 0 Å². The number of nitrogens with zero attached hydrogens (tertiary/aromatic N) is 1. The molecule has 0 aliphatic carbocycles.